The van der Waals surface area contributed by atoms with E-state index in [9.17, 15) is 4.79 Å². The molecule has 7 heteroatoms. The summed E-state index contributed by atoms with van der Waals surface area (Å²) in [5.41, 5.74) is 6.62. The van der Waals surface area contributed by atoms with Crippen LogP contribution in [0.2, 0.25) is 0 Å². The number of anilines is 2. The van der Waals surface area contributed by atoms with Crippen molar-refractivity contribution >= 4 is 39.7 Å². The van der Waals surface area contributed by atoms with E-state index in [4.69, 9.17) is 10.5 Å². The molecule has 0 bridgehead atoms. The third-order valence-corrected chi connectivity index (χ3v) is 5.58. The summed E-state index contributed by atoms with van der Waals surface area (Å²) in [6, 6.07) is 0. The number of nitrogens with one attached hydrogen (secondary N) is 1. The molecule has 0 aromatic carbocycles. The zero-order chi connectivity index (χ0) is 15.6. The highest BCUT2D eigenvalue weighted by molar-refractivity contribution is 8.00. The number of nitrogen functional groups attached to an aromatic ring is 1. The van der Waals surface area contributed by atoms with E-state index in [-0.39, 0.29) is 12.0 Å². The fourth-order valence-electron chi connectivity index (χ4n) is 2.26. The smallest absolute Gasteiger partial charge is 0.263 e. The Labute approximate surface area is 134 Å². The number of rotatable bonds is 4. The van der Waals surface area contributed by atoms with Crippen molar-refractivity contribution in [2.75, 3.05) is 36.5 Å². The molecule has 1 aromatic heterocycles. The monoisotopic (exact) mass is 329 g/mol. The predicted molar refractivity (Wildman–Crippen MR) is 92.0 cm³/mol. The third-order valence-electron chi connectivity index (χ3n) is 3.20. The highest BCUT2D eigenvalue weighted by Gasteiger charge is 2.28. The molecule has 2 heterocycles. The Morgan fingerprint density at radius 1 is 1.52 bits per heavy atom. The van der Waals surface area contributed by atoms with E-state index in [1.165, 1.54) is 11.3 Å². The van der Waals surface area contributed by atoms with E-state index >= 15 is 0 Å². The van der Waals surface area contributed by atoms with Crippen molar-refractivity contribution < 1.29 is 9.53 Å². The van der Waals surface area contributed by atoms with Gasteiger partial charge < -0.3 is 20.7 Å². The molecule has 1 unspecified atom stereocenters. The molecule has 0 radical (unpaired) electrons. The standard InChI is InChI=1S/C14H23N3O2S2/c1-8(2)19-11-10(15)12(13(18)16-4)21-14(11)17-5-6-20-9(3)7-17/h8-9H,5-7,15H2,1-4H3,(H,16,18). The van der Waals surface area contributed by atoms with Gasteiger partial charge in [-0.15, -0.1) is 11.3 Å². The Balaban J connectivity index is 2.39. The van der Waals surface area contributed by atoms with Crippen LogP contribution in [0.4, 0.5) is 10.7 Å². The van der Waals surface area contributed by atoms with E-state index in [1.807, 2.05) is 25.6 Å². The Morgan fingerprint density at radius 2 is 2.24 bits per heavy atom. The minimum atomic E-state index is -0.156. The Morgan fingerprint density at radius 3 is 2.81 bits per heavy atom. The molecule has 0 spiro atoms. The second kappa shape index (κ2) is 6.79. The zero-order valence-corrected chi connectivity index (χ0v) is 14.6. The first-order chi connectivity index (χ1) is 9.93. The maximum atomic E-state index is 12.0. The van der Waals surface area contributed by atoms with Crippen molar-refractivity contribution in [2.24, 2.45) is 0 Å². The van der Waals surface area contributed by atoms with Crippen LogP contribution in [-0.4, -0.2) is 43.2 Å². The molecule has 0 saturated carbocycles. The average Bonchev–Trinajstić information content (AvgIpc) is 2.75. The van der Waals surface area contributed by atoms with Crippen molar-refractivity contribution in [1.82, 2.24) is 5.32 Å². The van der Waals surface area contributed by atoms with Gasteiger partial charge in [-0.3, -0.25) is 4.79 Å². The predicted octanol–water partition coefficient (Wildman–Crippen LogP) is 2.42. The lowest BCUT2D eigenvalue weighted by atomic mass is 10.3. The summed E-state index contributed by atoms with van der Waals surface area (Å²) in [7, 11) is 1.61. The normalized spacial score (nSPS) is 18.9. The summed E-state index contributed by atoms with van der Waals surface area (Å²) in [6.07, 6.45) is 0.0229. The molecule has 1 fully saturated rings. The molecule has 1 atom stereocenters. The van der Waals surface area contributed by atoms with Crippen LogP contribution in [0.1, 0.15) is 30.4 Å². The first kappa shape index (κ1) is 16.3. The summed E-state index contributed by atoms with van der Waals surface area (Å²) >= 11 is 3.39. The van der Waals surface area contributed by atoms with Gasteiger partial charge in [0.25, 0.3) is 5.91 Å². The number of nitrogens with two attached hydrogens (primary N) is 1. The lowest BCUT2D eigenvalue weighted by molar-refractivity contribution is 0.0967. The van der Waals surface area contributed by atoms with Crippen LogP contribution in [-0.2, 0) is 0 Å². The van der Waals surface area contributed by atoms with E-state index < -0.39 is 0 Å². The van der Waals surface area contributed by atoms with Crippen molar-refractivity contribution in [2.45, 2.75) is 32.1 Å². The molecule has 0 aliphatic carbocycles. The molecular formula is C14H23N3O2S2. The van der Waals surface area contributed by atoms with Gasteiger partial charge in [-0.1, -0.05) is 6.92 Å². The summed E-state index contributed by atoms with van der Waals surface area (Å²) in [4.78, 5) is 14.8. The number of carbonyl (C=O) groups is 1. The lowest BCUT2D eigenvalue weighted by Gasteiger charge is -2.32. The Bertz CT molecular complexity index is 517. The number of thiophene rings is 1. The molecule has 5 nitrogen and oxygen atoms in total. The first-order valence-electron chi connectivity index (χ1n) is 7.11. The van der Waals surface area contributed by atoms with Gasteiger partial charge in [-0.2, -0.15) is 11.8 Å². The van der Waals surface area contributed by atoms with E-state index in [2.05, 4.69) is 17.1 Å². The molecule has 1 aromatic rings. The average molecular weight is 329 g/mol. The molecule has 1 aliphatic heterocycles. The number of ether oxygens (including phenoxy) is 1. The molecule has 1 amide bonds. The Hall–Kier alpha value is -1.08. The molecule has 2 rings (SSSR count). The van der Waals surface area contributed by atoms with E-state index in [1.54, 1.807) is 7.05 Å². The number of hydrogen-bond donors (Lipinski definition) is 2. The molecule has 118 valence electrons. The van der Waals surface area contributed by atoms with Crippen LogP contribution >= 0.6 is 23.1 Å². The highest BCUT2D eigenvalue weighted by atomic mass is 32.2. The van der Waals surface area contributed by atoms with Gasteiger partial charge in [0.2, 0.25) is 0 Å². The Kier molecular flexibility index (Phi) is 5.27. The van der Waals surface area contributed by atoms with Crippen molar-refractivity contribution in [3.63, 3.8) is 0 Å². The van der Waals surface area contributed by atoms with E-state index in [0.717, 1.165) is 23.8 Å². The fourth-order valence-corrected chi connectivity index (χ4v) is 4.41. The van der Waals surface area contributed by atoms with Gasteiger partial charge in [-0.25, -0.2) is 0 Å². The van der Waals surface area contributed by atoms with Crippen LogP contribution in [0.25, 0.3) is 0 Å². The number of carbonyl (C=O) groups excluding carboxylic acids is 1. The second-order valence-corrected chi connectivity index (χ2v) is 7.90. The molecule has 21 heavy (non-hydrogen) atoms. The number of amides is 1. The molecule has 1 saturated heterocycles. The molecule has 3 N–H and O–H groups in total. The summed E-state index contributed by atoms with van der Waals surface area (Å²) < 4.78 is 5.90. The number of thioether (sulfide) groups is 1. The topological polar surface area (TPSA) is 67.6 Å². The summed E-state index contributed by atoms with van der Waals surface area (Å²) in [6.45, 7) is 8.06. The third kappa shape index (κ3) is 3.58. The minimum Gasteiger partial charge on any atom is -0.486 e. The minimum absolute atomic E-state index is 0.0229. The van der Waals surface area contributed by atoms with Crippen LogP contribution in [0.5, 0.6) is 5.75 Å². The highest BCUT2D eigenvalue weighted by Crippen LogP contribution is 2.46. The van der Waals surface area contributed by atoms with Gasteiger partial charge in [-0.05, 0) is 13.8 Å². The van der Waals surface area contributed by atoms with Gasteiger partial charge in [0, 0.05) is 31.1 Å². The maximum Gasteiger partial charge on any atom is 0.263 e. The van der Waals surface area contributed by atoms with Gasteiger partial charge >= 0.3 is 0 Å². The van der Waals surface area contributed by atoms with Crippen LogP contribution in [0.3, 0.4) is 0 Å². The number of hydrogen-bond acceptors (Lipinski definition) is 6. The fraction of sp³-hybridized carbons (Fsp3) is 0.643. The van der Waals surface area contributed by atoms with Gasteiger partial charge in [0.15, 0.2) is 5.75 Å². The van der Waals surface area contributed by atoms with Gasteiger partial charge in [0.05, 0.1) is 6.10 Å². The zero-order valence-electron chi connectivity index (χ0n) is 12.9. The van der Waals surface area contributed by atoms with Crippen molar-refractivity contribution in [3.05, 3.63) is 4.88 Å². The van der Waals surface area contributed by atoms with Crippen LogP contribution in [0.15, 0.2) is 0 Å². The maximum absolute atomic E-state index is 12.0. The second-order valence-electron chi connectivity index (χ2n) is 5.35. The van der Waals surface area contributed by atoms with Crippen LogP contribution < -0.4 is 20.7 Å². The van der Waals surface area contributed by atoms with E-state index in [0.29, 0.717) is 21.6 Å². The summed E-state index contributed by atoms with van der Waals surface area (Å²) in [5.74, 6) is 1.58. The largest absolute Gasteiger partial charge is 0.486 e. The molecular weight excluding hydrogens is 306 g/mol. The lowest BCUT2D eigenvalue weighted by Crippen LogP contribution is -2.36. The quantitative estimate of drug-likeness (QED) is 0.888. The first-order valence-corrected chi connectivity index (χ1v) is 8.98. The van der Waals surface area contributed by atoms with Crippen molar-refractivity contribution in [1.29, 1.82) is 0 Å². The van der Waals surface area contributed by atoms with Crippen molar-refractivity contribution in [3.8, 4) is 5.75 Å². The SMILES string of the molecule is CNC(=O)c1sc(N2CCSC(C)C2)c(OC(C)C)c1N. The summed E-state index contributed by atoms with van der Waals surface area (Å²) in [5, 5.41) is 4.19. The van der Waals surface area contributed by atoms with Gasteiger partial charge in [0.1, 0.15) is 15.6 Å². The van der Waals surface area contributed by atoms with Crippen LogP contribution in [0, 0.1) is 0 Å². The molecule has 1 aliphatic rings. The number of nitrogens with zero attached hydrogens (tertiary/aromatic N) is 1.